The number of hydrogen-bond acceptors (Lipinski definition) is 4. The third-order valence-corrected chi connectivity index (χ3v) is 5.06. The number of anilines is 2. The maximum absolute atomic E-state index is 13.4. The van der Waals surface area contributed by atoms with Crippen molar-refractivity contribution in [3.63, 3.8) is 0 Å². The molecule has 0 fully saturated rings. The van der Waals surface area contributed by atoms with Gasteiger partial charge in [0.25, 0.3) is 0 Å². The summed E-state index contributed by atoms with van der Waals surface area (Å²) in [6, 6.07) is 13.4. The fourth-order valence-electron chi connectivity index (χ4n) is 2.79. The molecule has 1 atom stereocenters. The van der Waals surface area contributed by atoms with Crippen molar-refractivity contribution in [1.82, 2.24) is 0 Å². The lowest BCUT2D eigenvalue weighted by atomic mass is 9.89. The molecular formula is C19H16FN3O2S. The summed E-state index contributed by atoms with van der Waals surface area (Å²) in [6.07, 6.45) is 0.420. The Kier molecular flexibility index (Phi) is 5.54. The molecule has 132 valence electrons. The van der Waals surface area contributed by atoms with E-state index in [1.54, 1.807) is 12.1 Å². The number of nitrogens with zero attached hydrogens (tertiary/aromatic N) is 1. The third-order valence-electron chi connectivity index (χ3n) is 3.99. The monoisotopic (exact) mass is 369 g/mol. The zero-order chi connectivity index (χ0) is 18.5. The minimum atomic E-state index is -0.684. The van der Waals surface area contributed by atoms with Crippen LogP contribution in [0, 0.1) is 17.1 Å². The fourth-order valence-corrected chi connectivity index (χ4v) is 3.66. The number of rotatable bonds is 5. The summed E-state index contributed by atoms with van der Waals surface area (Å²) in [4.78, 5) is 25.6. The SMILES string of the molecule is N#CCCSc1ccccc1NC(=O)[C@@H]1CC(=O)Nc2cc(F)ccc21. The number of carbonyl (C=O) groups excluding carboxylic acids is 2. The van der Waals surface area contributed by atoms with Crippen LogP contribution in [0.5, 0.6) is 0 Å². The van der Waals surface area contributed by atoms with Crippen LogP contribution >= 0.6 is 11.8 Å². The fraction of sp³-hybridized carbons (Fsp3) is 0.211. The van der Waals surface area contributed by atoms with Gasteiger partial charge < -0.3 is 10.6 Å². The number of carbonyl (C=O) groups is 2. The van der Waals surface area contributed by atoms with Crippen LogP contribution in [0.1, 0.15) is 24.3 Å². The Morgan fingerprint density at radius 3 is 2.96 bits per heavy atom. The highest BCUT2D eigenvalue weighted by atomic mass is 32.2. The molecule has 2 aromatic carbocycles. The van der Waals surface area contributed by atoms with E-state index in [0.717, 1.165) is 4.90 Å². The van der Waals surface area contributed by atoms with Crippen molar-refractivity contribution in [2.75, 3.05) is 16.4 Å². The Bertz CT molecular complexity index is 895. The van der Waals surface area contributed by atoms with Crippen molar-refractivity contribution in [2.45, 2.75) is 23.7 Å². The Morgan fingerprint density at radius 2 is 2.15 bits per heavy atom. The maximum Gasteiger partial charge on any atom is 0.232 e. The number of fused-ring (bicyclic) bond motifs is 1. The summed E-state index contributed by atoms with van der Waals surface area (Å²) in [7, 11) is 0. The first kappa shape index (κ1) is 18.0. The molecule has 0 aliphatic carbocycles. The van der Waals surface area contributed by atoms with Gasteiger partial charge in [0.05, 0.1) is 17.7 Å². The van der Waals surface area contributed by atoms with Gasteiger partial charge in [0, 0.05) is 29.2 Å². The Labute approximate surface area is 154 Å². The molecule has 0 saturated carbocycles. The van der Waals surface area contributed by atoms with Gasteiger partial charge in [0.1, 0.15) is 5.82 Å². The van der Waals surface area contributed by atoms with E-state index in [9.17, 15) is 14.0 Å². The van der Waals surface area contributed by atoms with Gasteiger partial charge in [-0.25, -0.2) is 4.39 Å². The average Bonchev–Trinajstić information content (AvgIpc) is 2.62. The first-order valence-corrected chi connectivity index (χ1v) is 9.06. The molecule has 0 aromatic heterocycles. The van der Waals surface area contributed by atoms with Gasteiger partial charge in [-0.15, -0.1) is 11.8 Å². The highest BCUT2D eigenvalue weighted by Crippen LogP contribution is 2.35. The summed E-state index contributed by atoms with van der Waals surface area (Å²) in [5, 5.41) is 14.1. The lowest BCUT2D eigenvalue weighted by molar-refractivity contribution is -0.123. The van der Waals surface area contributed by atoms with E-state index in [2.05, 4.69) is 16.7 Å². The van der Waals surface area contributed by atoms with E-state index in [0.29, 0.717) is 29.1 Å². The summed E-state index contributed by atoms with van der Waals surface area (Å²) < 4.78 is 13.4. The molecule has 2 aromatic rings. The number of halogens is 1. The molecule has 2 amide bonds. The van der Waals surface area contributed by atoms with Crippen LogP contribution in [0.4, 0.5) is 15.8 Å². The van der Waals surface area contributed by atoms with Crippen molar-refractivity contribution in [2.24, 2.45) is 0 Å². The van der Waals surface area contributed by atoms with Gasteiger partial charge in [-0.3, -0.25) is 9.59 Å². The minimum Gasteiger partial charge on any atom is -0.326 e. The molecule has 1 heterocycles. The smallest absolute Gasteiger partial charge is 0.232 e. The molecule has 0 saturated heterocycles. The summed E-state index contributed by atoms with van der Waals surface area (Å²) in [5.41, 5.74) is 1.56. The molecule has 7 heteroatoms. The van der Waals surface area contributed by atoms with Crippen molar-refractivity contribution < 1.29 is 14.0 Å². The summed E-state index contributed by atoms with van der Waals surface area (Å²) in [6.45, 7) is 0. The van der Waals surface area contributed by atoms with E-state index in [1.807, 2.05) is 12.1 Å². The van der Waals surface area contributed by atoms with E-state index in [1.165, 1.54) is 30.0 Å². The predicted molar refractivity (Wildman–Crippen MR) is 98.4 cm³/mol. The normalized spacial score (nSPS) is 15.5. The predicted octanol–water partition coefficient (Wildman–Crippen LogP) is 3.90. The second-order valence-corrected chi connectivity index (χ2v) is 6.92. The van der Waals surface area contributed by atoms with Crippen LogP contribution < -0.4 is 10.6 Å². The molecule has 0 radical (unpaired) electrons. The topological polar surface area (TPSA) is 82.0 Å². The Morgan fingerprint density at radius 1 is 1.35 bits per heavy atom. The highest BCUT2D eigenvalue weighted by molar-refractivity contribution is 7.99. The van der Waals surface area contributed by atoms with E-state index < -0.39 is 11.7 Å². The largest absolute Gasteiger partial charge is 0.326 e. The molecule has 5 nitrogen and oxygen atoms in total. The standard InChI is InChI=1S/C19H16FN3O2S/c20-12-6-7-13-14(11-18(24)22-16(13)10-12)19(25)23-15-4-1-2-5-17(15)26-9-3-8-21/h1-2,4-7,10,14H,3,9,11H2,(H,22,24)(H,23,25)/t14-/m1/s1. The van der Waals surface area contributed by atoms with Crippen LogP contribution in [0.25, 0.3) is 0 Å². The zero-order valence-corrected chi connectivity index (χ0v) is 14.6. The molecule has 2 N–H and O–H groups in total. The summed E-state index contributed by atoms with van der Waals surface area (Å²) in [5.74, 6) is -1.17. The minimum absolute atomic E-state index is 0.00814. The number of hydrogen-bond donors (Lipinski definition) is 2. The maximum atomic E-state index is 13.4. The quantitative estimate of drug-likeness (QED) is 0.619. The van der Waals surface area contributed by atoms with Gasteiger partial charge in [-0.05, 0) is 29.8 Å². The number of para-hydroxylation sites is 1. The Balaban J connectivity index is 1.81. The highest BCUT2D eigenvalue weighted by Gasteiger charge is 2.31. The van der Waals surface area contributed by atoms with Crippen molar-refractivity contribution >= 4 is 35.0 Å². The lowest BCUT2D eigenvalue weighted by Gasteiger charge is -2.25. The average molecular weight is 369 g/mol. The van der Waals surface area contributed by atoms with Crippen LogP contribution in [-0.4, -0.2) is 17.6 Å². The Hall–Kier alpha value is -2.85. The first-order chi connectivity index (χ1) is 12.6. The third kappa shape index (κ3) is 4.03. The zero-order valence-electron chi connectivity index (χ0n) is 13.8. The molecule has 3 rings (SSSR count). The van der Waals surface area contributed by atoms with Crippen LogP contribution in [0.2, 0.25) is 0 Å². The number of thioether (sulfide) groups is 1. The second-order valence-electron chi connectivity index (χ2n) is 5.78. The summed E-state index contributed by atoms with van der Waals surface area (Å²) >= 11 is 1.48. The van der Waals surface area contributed by atoms with E-state index in [4.69, 9.17) is 5.26 Å². The van der Waals surface area contributed by atoms with Gasteiger partial charge >= 0.3 is 0 Å². The second kappa shape index (κ2) is 8.02. The molecular weight excluding hydrogens is 353 g/mol. The molecule has 1 aliphatic rings. The van der Waals surface area contributed by atoms with Crippen molar-refractivity contribution in [1.29, 1.82) is 5.26 Å². The molecule has 0 spiro atoms. The molecule has 0 bridgehead atoms. The first-order valence-electron chi connectivity index (χ1n) is 8.07. The van der Waals surface area contributed by atoms with Crippen LogP contribution in [-0.2, 0) is 9.59 Å². The number of nitriles is 1. The molecule has 26 heavy (non-hydrogen) atoms. The van der Waals surface area contributed by atoms with Crippen LogP contribution in [0.15, 0.2) is 47.4 Å². The van der Waals surface area contributed by atoms with Gasteiger partial charge in [0.15, 0.2) is 0 Å². The number of amides is 2. The number of benzene rings is 2. The number of nitrogens with one attached hydrogen (secondary N) is 2. The van der Waals surface area contributed by atoms with Gasteiger partial charge in [-0.2, -0.15) is 5.26 Å². The van der Waals surface area contributed by atoms with E-state index >= 15 is 0 Å². The van der Waals surface area contributed by atoms with Gasteiger partial charge in [0.2, 0.25) is 11.8 Å². The van der Waals surface area contributed by atoms with E-state index in [-0.39, 0.29) is 18.2 Å². The lowest BCUT2D eigenvalue weighted by Crippen LogP contribution is -2.31. The van der Waals surface area contributed by atoms with Crippen molar-refractivity contribution in [3.05, 3.63) is 53.8 Å². The van der Waals surface area contributed by atoms with Crippen molar-refractivity contribution in [3.8, 4) is 6.07 Å². The molecule has 1 aliphatic heterocycles. The molecule has 0 unspecified atom stereocenters. The van der Waals surface area contributed by atoms with Gasteiger partial charge in [-0.1, -0.05) is 18.2 Å². The van der Waals surface area contributed by atoms with Crippen LogP contribution in [0.3, 0.4) is 0 Å².